The smallest absolute Gasteiger partial charge is 0.233 e. The van der Waals surface area contributed by atoms with Crippen molar-refractivity contribution in [3.63, 3.8) is 0 Å². The van der Waals surface area contributed by atoms with Crippen molar-refractivity contribution in [2.75, 3.05) is 32.2 Å². The summed E-state index contributed by atoms with van der Waals surface area (Å²) < 4.78 is 5.34. The quantitative estimate of drug-likeness (QED) is 0.817. The summed E-state index contributed by atoms with van der Waals surface area (Å²) in [5.74, 6) is -0.0555. The molecule has 5 heteroatoms. The average Bonchev–Trinajstić information content (AvgIpc) is 2.86. The highest BCUT2D eigenvalue weighted by Crippen LogP contribution is 2.19. The average molecular weight is 235 g/mol. The molecule has 1 aromatic heterocycles. The van der Waals surface area contributed by atoms with E-state index in [0.29, 0.717) is 13.2 Å². The number of hydrogen-bond donors (Lipinski definition) is 1. The molecular weight excluding hydrogens is 218 g/mol. The minimum atomic E-state index is -0.120. The van der Waals surface area contributed by atoms with E-state index in [2.05, 4.69) is 10.3 Å². The molecule has 0 spiro atoms. The van der Waals surface area contributed by atoms with Gasteiger partial charge in [0.05, 0.1) is 31.0 Å². The monoisotopic (exact) mass is 235 g/mol. The summed E-state index contributed by atoms with van der Waals surface area (Å²) in [4.78, 5) is 17.9. The fourth-order valence-corrected chi connectivity index (χ4v) is 2.01. The van der Waals surface area contributed by atoms with Gasteiger partial charge in [-0.3, -0.25) is 9.78 Å². The Morgan fingerprint density at radius 1 is 1.59 bits per heavy atom. The molecule has 17 heavy (non-hydrogen) atoms. The van der Waals surface area contributed by atoms with Crippen LogP contribution in [0.5, 0.6) is 0 Å². The van der Waals surface area contributed by atoms with E-state index in [9.17, 15) is 4.79 Å². The third-order valence-electron chi connectivity index (χ3n) is 3.13. The van der Waals surface area contributed by atoms with Gasteiger partial charge in [0, 0.05) is 19.3 Å². The Labute approximate surface area is 101 Å². The highest BCUT2D eigenvalue weighted by Gasteiger charge is 2.35. The Kier molecular flexibility index (Phi) is 3.71. The summed E-state index contributed by atoms with van der Waals surface area (Å²) in [6.45, 7) is 1.07. The second kappa shape index (κ2) is 5.25. The molecule has 2 atom stereocenters. The van der Waals surface area contributed by atoms with Crippen LogP contribution in [0.3, 0.4) is 0 Å². The van der Waals surface area contributed by atoms with E-state index >= 15 is 0 Å². The molecule has 0 aromatic carbocycles. The minimum Gasteiger partial charge on any atom is -0.379 e. The van der Waals surface area contributed by atoms with Crippen LogP contribution in [-0.2, 0) is 9.53 Å². The van der Waals surface area contributed by atoms with Crippen LogP contribution >= 0.6 is 0 Å². The van der Waals surface area contributed by atoms with E-state index in [1.807, 2.05) is 19.2 Å². The van der Waals surface area contributed by atoms with Gasteiger partial charge in [-0.2, -0.15) is 0 Å². The normalized spacial score (nSPS) is 23.6. The van der Waals surface area contributed by atoms with Gasteiger partial charge >= 0.3 is 0 Å². The first-order chi connectivity index (χ1) is 8.24. The van der Waals surface area contributed by atoms with Gasteiger partial charge in [-0.25, -0.2) is 0 Å². The van der Waals surface area contributed by atoms with Crippen LogP contribution in [0.1, 0.15) is 0 Å². The molecule has 2 heterocycles. The van der Waals surface area contributed by atoms with E-state index in [1.54, 1.807) is 24.3 Å². The van der Waals surface area contributed by atoms with Crippen molar-refractivity contribution in [1.29, 1.82) is 0 Å². The molecule has 92 valence electrons. The fraction of sp³-hybridized carbons (Fsp3) is 0.500. The zero-order valence-electron chi connectivity index (χ0n) is 10.1. The highest BCUT2D eigenvalue weighted by atomic mass is 16.5. The number of carbonyl (C=O) groups is 1. The molecule has 1 amide bonds. The molecule has 0 aliphatic carbocycles. The molecule has 2 rings (SSSR count). The number of amides is 1. The molecular formula is C12H17N3O2. The van der Waals surface area contributed by atoms with Crippen LogP contribution < -0.4 is 10.2 Å². The SMILES string of the molecule is CNC1COCC1C(=O)N(C)c1cccnc1. The standard InChI is InChI=1S/C12H17N3O2/c1-13-11-8-17-7-10(11)12(16)15(2)9-4-3-5-14-6-9/h3-6,10-11,13H,7-8H2,1-2H3. The predicted molar refractivity (Wildman–Crippen MR) is 64.8 cm³/mol. The number of likely N-dealkylation sites (N-methyl/N-ethyl adjacent to an activating group) is 1. The topological polar surface area (TPSA) is 54.5 Å². The molecule has 1 aromatic rings. The van der Waals surface area contributed by atoms with Crippen LogP contribution in [0.4, 0.5) is 5.69 Å². The number of nitrogens with one attached hydrogen (secondary N) is 1. The van der Waals surface area contributed by atoms with Crippen LogP contribution in [0.25, 0.3) is 0 Å². The van der Waals surface area contributed by atoms with Gasteiger partial charge in [0.25, 0.3) is 0 Å². The number of anilines is 1. The number of carbonyl (C=O) groups excluding carboxylic acids is 1. The first-order valence-corrected chi connectivity index (χ1v) is 5.66. The molecule has 1 aliphatic rings. The summed E-state index contributed by atoms with van der Waals surface area (Å²) in [6, 6.07) is 3.79. The number of rotatable bonds is 3. The van der Waals surface area contributed by atoms with Gasteiger partial charge in [-0.15, -0.1) is 0 Å². The Morgan fingerprint density at radius 3 is 3.06 bits per heavy atom. The number of aromatic nitrogens is 1. The lowest BCUT2D eigenvalue weighted by Gasteiger charge is -2.23. The number of pyridine rings is 1. The summed E-state index contributed by atoms with van der Waals surface area (Å²) in [5.41, 5.74) is 0.805. The Hall–Kier alpha value is -1.46. The second-order valence-corrected chi connectivity index (χ2v) is 4.15. The van der Waals surface area contributed by atoms with Crippen LogP contribution in [0.2, 0.25) is 0 Å². The lowest BCUT2D eigenvalue weighted by molar-refractivity contribution is -0.122. The third-order valence-corrected chi connectivity index (χ3v) is 3.13. The van der Waals surface area contributed by atoms with Gasteiger partial charge in [0.1, 0.15) is 0 Å². The Morgan fingerprint density at radius 2 is 2.41 bits per heavy atom. The van der Waals surface area contributed by atoms with Gasteiger partial charge in [0.2, 0.25) is 5.91 Å². The molecule has 0 bridgehead atoms. The molecule has 1 saturated heterocycles. The molecule has 0 saturated carbocycles. The first-order valence-electron chi connectivity index (χ1n) is 5.66. The summed E-state index contributed by atoms with van der Waals surface area (Å²) >= 11 is 0. The summed E-state index contributed by atoms with van der Waals surface area (Å²) in [6.07, 6.45) is 3.37. The largest absolute Gasteiger partial charge is 0.379 e. The van der Waals surface area contributed by atoms with Crippen molar-refractivity contribution >= 4 is 11.6 Å². The molecule has 1 fully saturated rings. The van der Waals surface area contributed by atoms with Crippen LogP contribution in [-0.4, -0.2) is 44.2 Å². The molecule has 1 aliphatic heterocycles. The molecule has 0 radical (unpaired) electrons. The van der Waals surface area contributed by atoms with E-state index in [4.69, 9.17) is 4.74 Å². The van der Waals surface area contributed by atoms with Gasteiger partial charge < -0.3 is 15.0 Å². The maximum Gasteiger partial charge on any atom is 0.233 e. The first kappa shape index (κ1) is 12.0. The molecule has 1 N–H and O–H groups in total. The van der Waals surface area contributed by atoms with E-state index in [-0.39, 0.29) is 17.9 Å². The summed E-state index contributed by atoms with van der Waals surface area (Å²) in [7, 11) is 3.62. The predicted octanol–water partition coefficient (Wildman–Crippen LogP) is 0.279. The van der Waals surface area contributed by atoms with Gasteiger partial charge in [-0.05, 0) is 19.2 Å². The Bertz CT molecular complexity index is 383. The van der Waals surface area contributed by atoms with Crippen molar-refractivity contribution < 1.29 is 9.53 Å². The lowest BCUT2D eigenvalue weighted by atomic mass is 10.0. The van der Waals surface area contributed by atoms with E-state index < -0.39 is 0 Å². The van der Waals surface area contributed by atoms with Gasteiger partial charge in [-0.1, -0.05) is 0 Å². The second-order valence-electron chi connectivity index (χ2n) is 4.15. The lowest BCUT2D eigenvalue weighted by Crippen LogP contribution is -2.43. The molecule has 2 unspecified atom stereocenters. The van der Waals surface area contributed by atoms with E-state index in [0.717, 1.165) is 5.69 Å². The van der Waals surface area contributed by atoms with Crippen molar-refractivity contribution in [3.8, 4) is 0 Å². The van der Waals surface area contributed by atoms with Crippen molar-refractivity contribution in [3.05, 3.63) is 24.5 Å². The fourth-order valence-electron chi connectivity index (χ4n) is 2.01. The maximum atomic E-state index is 12.3. The van der Waals surface area contributed by atoms with Crippen molar-refractivity contribution in [2.24, 2.45) is 5.92 Å². The van der Waals surface area contributed by atoms with Crippen molar-refractivity contribution in [2.45, 2.75) is 6.04 Å². The maximum absolute atomic E-state index is 12.3. The van der Waals surface area contributed by atoms with Crippen LogP contribution in [0, 0.1) is 5.92 Å². The number of hydrogen-bond acceptors (Lipinski definition) is 4. The zero-order valence-corrected chi connectivity index (χ0v) is 10.1. The zero-order chi connectivity index (χ0) is 12.3. The van der Waals surface area contributed by atoms with E-state index in [1.165, 1.54) is 0 Å². The number of ether oxygens (including phenoxy) is 1. The Balaban J connectivity index is 2.10. The van der Waals surface area contributed by atoms with Gasteiger partial charge in [0.15, 0.2) is 0 Å². The van der Waals surface area contributed by atoms with Crippen LogP contribution in [0.15, 0.2) is 24.5 Å². The molecule has 5 nitrogen and oxygen atoms in total. The third kappa shape index (κ3) is 2.45. The van der Waals surface area contributed by atoms with Crippen molar-refractivity contribution in [1.82, 2.24) is 10.3 Å². The highest BCUT2D eigenvalue weighted by molar-refractivity contribution is 5.95. The number of nitrogens with zero attached hydrogens (tertiary/aromatic N) is 2. The minimum absolute atomic E-state index is 0.0647. The summed E-state index contributed by atoms with van der Waals surface area (Å²) in [5, 5.41) is 3.11.